The Labute approximate surface area is 191 Å². The highest BCUT2D eigenvalue weighted by Crippen LogP contribution is 2.33. The molecule has 2 fully saturated rings. The molecule has 0 bridgehead atoms. The number of nitrogens with zero attached hydrogens (tertiary/aromatic N) is 5. The van der Waals surface area contributed by atoms with Gasteiger partial charge in [-0.15, -0.1) is 11.3 Å². The molecule has 11 heteroatoms. The summed E-state index contributed by atoms with van der Waals surface area (Å²) in [6, 6.07) is 4.64. The van der Waals surface area contributed by atoms with Crippen LogP contribution in [0.2, 0.25) is 0 Å². The molecule has 0 radical (unpaired) electrons. The number of piperidine rings is 1. The Balaban J connectivity index is 1.15. The van der Waals surface area contributed by atoms with Crippen LogP contribution >= 0.6 is 11.3 Å². The molecule has 33 heavy (non-hydrogen) atoms. The molecule has 2 amide bonds. The second kappa shape index (κ2) is 8.44. The van der Waals surface area contributed by atoms with Gasteiger partial charge >= 0.3 is 6.18 Å². The van der Waals surface area contributed by atoms with Gasteiger partial charge in [0.25, 0.3) is 11.8 Å². The number of halogens is 3. The van der Waals surface area contributed by atoms with Crippen molar-refractivity contribution < 1.29 is 22.8 Å². The quantitative estimate of drug-likeness (QED) is 0.575. The fourth-order valence-corrected chi connectivity index (χ4v) is 5.32. The maximum atomic E-state index is 12.9. The number of benzene rings is 1. The number of carbonyl (C=O) groups is 2. The van der Waals surface area contributed by atoms with E-state index in [0.29, 0.717) is 59.6 Å². The van der Waals surface area contributed by atoms with Crippen LogP contribution in [0, 0.1) is 11.8 Å². The molecule has 2 saturated heterocycles. The molecule has 0 aliphatic carbocycles. The summed E-state index contributed by atoms with van der Waals surface area (Å²) in [5.74, 6) is 0.729. The van der Waals surface area contributed by atoms with E-state index in [4.69, 9.17) is 0 Å². The van der Waals surface area contributed by atoms with Crippen LogP contribution in [-0.2, 0) is 6.54 Å². The lowest BCUT2D eigenvalue weighted by Gasteiger charge is -2.46. The van der Waals surface area contributed by atoms with Crippen LogP contribution < -0.4 is 0 Å². The predicted octanol–water partition coefficient (Wildman–Crippen LogP) is 3.68. The highest BCUT2D eigenvalue weighted by Gasteiger charge is 2.38. The first kappa shape index (κ1) is 21.9. The molecule has 0 unspecified atom stereocenters. The van der Waals surface area contributed by atoms with Crippen LogP contribution in [0.5, 0.6) is 0 Å². The van der Waals surface area contributed by atoms with Crippen LogP contribution in [-0.4, -0.2) is 68.5 Å². The van der Waals surface area contributed by atoms with Gasteiger partial charge in [-0.05, 0) is 42.9 Å². The monoisotopic (exact) mass is 477 g/mol. The summed E-state index contributed by atoms with van der Waals surface area (Å²) >= 11 is 1.35. The molecule has 0 saturated carbocycles. The molecule has 7 nitrogen and oxygen atoms in total. The predicted molar refractivity (Wildman–Crippen MR) is 116 cm³/mol. The van der Waals surface area contributed by atoms with Gasteiger partial charge in [0.05, 0.1) is 17.4 Å². The summed E-state index contributed by atoms with van der Waals surface area (Å²) in [4.78, 5) is 37.0. The van der Waals surface area contributed by atoms with E-state index >= 15 is 0 Å². The molecule has 2 aliphatic heterocycles. The van der Waals surface area contributed by atoms with Crippen molar-refractivity contribution in [2.24, 2.45) is 11.8 Å². The van der Waals surface area contributed by atoms with Gasteiger partial charge in [-0.25, -0.2) is 9.97 Å². The van der Waals surface area contributed by atoms with Gasteiger partial charge < -0.3 is 14.4 Å². The maximum Gasteiger partial charge on any atom is 0.406 e. The number of rotatable bonds is 4. The summed E-state index contributed by atoms with van der Waals surface area (Å²) in [6.07, 6.45) is 0.270. The van der Waals surface area contributed by atoms with Crippen LogP contribution in [0.15, 0.2) is 36.1 Å². The van der Waals surface area contributed by atoms with Crippen molar-refractivity contribution in [3.8, 4) is 0 Å². The minimum Gasteiger partial charge on any atom is -0.338 e. The van der Waals surface area contributed by atoms with Gasteiger partial charge in [0.2, 0.25) is 0 Å². The summed E-state index contributed by atoms with van der Waals surface area (Å²) in [5.41, 5.74) is 1.16. The Morgan fingerprint density at radius 1 is 1.03 bits per heavy atom. The first-order valence-electron chi connectivity index (χ1n) is 10.8. The van der Waals surface area contributed by atoms with Gasteiger partial charge in [-0.2, -0.15) is 13.2 Å². The molecule has 0 atom stereocenters. The van der Waals surface area contributed by atoms with E-state index in [0.717, 1.165) is 23.7 Å². The number of fused-ring (bicyclic) bond motifs is 1. The van der Waals surface area contributed by atoms with E-state index in [-0.39, 0.29) is 11.8 Å². The SMILES string of the molecule is O=C(c1ccc2c(c1)ncn2CC(F)(F)F)N1CC(C2CCN(C(=O)c3nccs3)CC2)C1. The Morgan fingerprint density at radius 2 is 1.79 bits per heavy atom. The Bertz CT molecular complexity index is 1160. The lowest BCUT2D eigenvalue weighted by molar-refractivity contribution is -0.139. The van der Waals surface area contributed by atoms with E-state index in [2.05, 4.69) is 9.97 Å². The first-order chi connectivity index (χ1) is 15.8. The van der Waals surface area contributed by atoms with Crippen molar-refractivity contribution in [2.75, 3.05) is 26.2 Å². The van der Waals surface area contributed by atoms with Crippen LogP contribution in [0.4, 0.5) is 13.2 Å². The minimum absolute atomic E-state index is 0.0121. The molecule has 3 aromatic rings. The zero-order chi connectivity index (χ0) is 23.2. The average molecular weight is 478 g/mol. The first-order valence-corrected chi connectivity index (χ1v) is 11.7. The van der Waals surface area contributed by atoms with Crippen molar-refractivity contribution >= 4 is 34.2 Å². The number of amides is 2. The van der Waals surface area contributed by atoms with Crippen molar-refractivity contribution in [1.82, 2.24) is 24.3 Å². The lowest BCUT2D eigenvalue weighted by atomic mass is 9.79. The largest absolute Gasteiger partial charge is 0.406 e. The van der Waals surface area contributed by atoms with E-state index in [9.17, 15) is 22.8 Å². The second-order valence-electron chi connectivity index (χ2n) is 8.63. The number of carbonyl (C=O) groups excluding carboxylic acids is 2. The second-order valence-corrected chi connectivity index (χ2v) is 9.52. The molecule has 174 valence electrons. The van der Waals surface area contributed by atoms with Crippen molar-refractivity contribution in [1.29, 1.82) is 0 Å². The third-order valence-corrected chi connectivity index (χ3v) is 7.28. The van der Waals surface area contributed by atoms with Crippen LogP contribution in [0.1, 0.15) is 33.0 Å². The molecule has 0 N–H and O–H groups in total. The average Bonchev–Trinajstić information content (AvgIpc) is 3.42. The molecule has 2 aromatic heterocycles. The van der Waals surface area contributed by atoms with Gasteiger partial charge in [0, 0.05) is 43.3 Å². The Kier molecular flexibility index (Phi) is 5.59. The summed E-state index contributed by atoms with van der Waals surface area (Å²) in [6.45, 7) is 1.60. The maximum absolute atomic E-state index is 12.9. The number of hydrogen-bond acceptors (Lipinski definition) is 5. The van der Waals surface area contributed by atoms with Gasteiger partial charge in [0.15, 0.2) is 5.01 Å². The zero-order valence-corrected chi connectivity index (χ0v) is 18.5. The molecular weight excluding hydrogens is 455 g/mol. The van der Waals surface area contributed by atoms with Gasteiger partial charge in [-0.1, -0.05) is 0 Å². The topological polar surface area (TPSA) is 71.3 Å². The standard InChI is InChI=1S/C22H22F3N5O2S/c23-22(24,25)12-30-13-27-17-9-15(1-2-18(17)30)20(31)29-10-16(11-29)14-3-6-28(7-4-14)21(32)19-26-5-8-33-19/h1-2,5,8-9,13-14,16H,3-4,6-7,10-12H2. The van der Waals surface area contributed by atoms with Crippen LogP contribution in [0.3, 0.4) is 0 Å². The van der Waals surface area contributed by atoms with Crippen molar-refractivity contribution in [3.05, 3.63) is 46.7 Å². The summed E-state index contributed by atoms with van der Waals surface area (Å²) in [5, 5.41) is 2.32. The summed E-state index contributed by atoms with van der Waals surface area (Å²) < 4.78 is 39.1. The highest BCUT2D eigenvalue weighted by atomic mass is 32.1. The highest BCUT2D eigenvalue weighted by molar-refractivity contribution is 7.11. The fourth-order valence-electron chi connectivity index (χ4n) is 4.71. The van der Waals surface area contributed by atoms with Crippen molar-refractivity contribution in [2.45, 2.75) is 25.6 Å². The zero-order valence-electron chi connectivity index (χ0n) is 17.7. The smallest absolute Gasteiger partial charge is 0.338 e. The molecule has 1 aromatic carbocycles. The molecule has 5 rings (SSSR count). The van der Waals surface area contributed by atoms with Crippen molar-refractivity contribution in [3.63, 3.8) is 0 Å². The molecule has 0 spiro atoms. The third kappa shape index (κ3) is 4.46. The number of aromatic nitrogens is 3. The molecular formula is C22H22F3N5O2S. The number of alkyl halides is 3. The van der Waals surface area contributed by atoms with Gasteiger partial charge in [-0.3, -0.25) is 9.59 Å². The van der Waals surface area contributed by atoms with Gasteiger partial charge in [0.1, 0.15) is 6.54 Å². The fraction of sp³-hybridized carbons (Fsp3) is 0.455. The normalized spacial score (nSPS) is 18.0. The van der Waals surface area contributed by atoms with E-state index in [1.54, 1.807) is 28.6 Å². The lowest BCUT2D eigenvalue weighted by Crippen LogP contribution is -2.54. The number of imidazole rings is 1. The number of hydrogen-bond donors (Lipinski definition) is 0. The third-order valence-electron chi connectivity index (χ3n) is 6.52. The number of thiazole rings is 1. The Hall–Kier alpha value is -2.95. The van der Waals surface area contributed by atoms with Crippen LogP contribution in [0.25, 0.3) is 11.0 Å². The van der Waals surface area contributed by atoms with E-state index < -0.39 is 12.7 Å². The Morgan fingerprint density at radius 3 is 2.45 bits per heavy atom. The van der Waals surface area contributed by atoms with E-state index in [1.807, 2.05) is 4.90 Å². The number of likely N-dealkylation sites (tertiary alicyclic amines) is 2. The summed E-state index contributed by atoms with van der Waals surface area (Å²) in [7, 11) is 0. The molecule has 4 heterocycles. The minimum atomic E-state index is -4.33. The van der Waals surface area contributed by atoms with E-state index in [1.165, 1.54) is 17.4 Å². The molecule has 2 aliphatic rings.